The van der Waals surface area contributed by atoms with Crippen LogP contribution in [0, 0.1) is 0 Å². The minimum absolute atomic E-state index is 0.0298. The summed E-state index contributed by atoms with van der Waals surface area (Å²) in [4.78, 5) is 28.5. The van der Waals surface area contributed by atoms with E-state index >= 15 is 0 Å². The summed E-state index contributed by atoms with van der Waals surface area (Å²) in [5.41, 5.74) is 1.01. The van der Waals surface area contributed by atoms with E-state index in [1.165, 1.54) is 18.0 Å². The molecule has 1 heterocycles. The monoisotopic (exact) mass is 249 g/mol. The van der Waals surface area contributed by atoms with Crippen molar-refractivity contribution in [2.45, 2.75) is 6.92 Å². The van der Waals surface area contributed by atoms with Crippen molar-refractivity contribution in [1.82, 2.24) is 4.98 Å². The summed E-state index contributed by atoms with van der Waals surface area (Å²) in [6.07, 6.45) is 1.50. The van der Waals surface area contributed by atoms with E-state index in [1.807, 2.05) is 0 Å². The van der Waals surface area contributed by atoms with Gasteiger partial charge in [0.1, 0.15) is 5.69 Å². The first-order chi connectivity index (χ1) is 8.16. The molecule has 0 aromatic carbocycles. The number of allylic oxidation sites excluding steroid dienone is 2. The molecular weight excluding hydrogens is 238 g/mol. The van der Waals surface area contributed by atoms with Crippen molar-refractivity contribution < 1.29 is 14.7 Å². The average molecular weight is 249 g/mol. The molecule has 17 heavy (non-hydrogen) atoms. The smallest absolute Gasteiger partial charge is 0.218 e. The zero-order valence-electron chi connectivity index (χ0n) is 9.27. The van der Waals surface area contributed by atoms with E-state index in [0.717, 1.165) is 0 Å². The van der Waals surface area contributed by atoms with Crippen molar-refractivity contribution >= 4 is 23.3 Å². The summed E-state index contributed by atoms with van der Waals surface area (Å²) in [6, 6.07) is 3.25. The number of hydrogen-bond donors (Lipinski definition) is 1. The van der Waals surface area contributed by atoms with Crippen molar-refractivity contribution in [3.8, 4) is 0 Å². The van der Waals surface area contributed by atoms with Gasteiger partial charge in [0.2, 0.25) is 5.78 Å². The summed E-state index contributed by atoms with van der Waals surface area (Å²) in [6.45, 7) is 1.61. The van der Waals surface area contributed by atoms with Gasteiger partial charge in [0.05, 0.1) is 17.1 Å². The molecule has 4 nitrogen and oxygen atoms in total. The van der Waals surface area contributed by atoms with E-state index in [2.05, 4.69) is 4.98 Å². The number of rotatable bonds is 3. The molecule has 0 bridgehead atoms. The van der Waals surface area contributed by atoms with Gasteiger partial charge in [0.15, 0.2) is 5.78 Å². The highest BCUT2D eigenvalue weighted by Gasteiger charge is 2.30. The molecule has 1 N–H and O–H groups in total. The molecule has 1 aliphatic rings. The molecule has 0 saturated heterocycles. The molecule has 0 spiro atoms. The third-order valence-corrected chi connectivity index (χ3v) is 3.66. The molecule has 1 aromatic rings. The lowest BCUT2D eigenvalue weighted by molar-refractivity contribution is 0.0978. The first-order valence-electron chi connectivity index (χ1n) is 5.15. The Morgan fingerprint density at radius 1 is 1.35 bits per heavy atom. The van der Waals surface area contributed by atoms with Gasteiger partial charge in [-0.05, 0) is 19.1 Å². The first kappa shape index (κ1) is 12.0. The van der Waals surface area contributed by atoms with Crippen LogP contribution in [0.5, 0.6) is 0 Å². The summed E-state index contributed by atoms with van der Waals surface area (Å²) in [5.74, 6) is 0.0118. The van der Waals surface area contributed by atoms with E-state index < -0.39 is 0 Å². The summed E-state index contributed by atoms with van der Waals surface area (Å²) < 4.78 is 0. The highest BCUT2D eigenvalue weighted by Crippen LogP contribution is 2.31. The van der Waals surface area contributed by atoms with Crippen LogP contribution >= 0.6 is 11.8 Å². The normalized spacial score (nSPS) is 15.2. The summed E-state index contributed by atoms with van der Waals surface area (Å²) >= 11 is 1.20. The predicted molar refractivity (Wildman–Crippen MR) is 65.1 cm³/mol. The SMILES string of the molecule is CC1=C(SCCO)C(=O)c2ncccc2C1=O. The molecule has 0 amide bonds. The molecule has 0 atom stereocenters. The second-order valence-corrected chi connectivity index (χ2v) is 4.69. The van der Waals surface area contributed by atoms with Gasteiger partial charge in [-0.2, -0.15) is 0 Å². The molecule has 0 saturated carbocycles. The van der Waals surface area contributed by atoms with Crippen LogP contribution in [0.15, 0.2) is 28.8 Å². The van der Waals surface area contributed by atoms with Gasteiger partial charge in [0, 0.05) is 17.5 Å². The minimum Gasteiger partial charge on any atom is -0.396 e. The Labute approximate surface area is 103 Å². The van der Waals surface area contributed by atoms with Crippen LogP contribution in [0.4, 0.5) is 0 Å². The number of pyridine rings is 1. The van der Waals surface area contributed by atoms with Crippen LogP contribution in [0.2, 0.25) is 0 Å². The lowest BCUT2D eigenvalue weighted by atomic mass is 9.94. The van der Waals surface area contributed by atoms with E-state index in [-0.39, 0.29) is 23.9 Å². The maximum Gasteiger partial charge on any atom is 0.218 e. The number of aliphatic hydroxyl groups excluding tert-OH is 1. The van der Waals surface area contributed by atoms with Gasteiger partial charge >= 0.3 is 0 Å². The highest BCUT2D eigenvalue weighted by molar-refractivity contribution is 8.04. The minimum atomic E-state index is -0.226. The van der Waals surface area contributed by atoms with Gasteiger partial charge in [-0.1, -0.05) is 0 Å². The highest BCUT2D eigenvalue weighted by atomic mass is 32.2. The molecule has 2 rings (SSSR count). The van der Waals surface area contributed by atoms with Crippen LogP contribution in [0.25, 0.3) is 0 Å². The van der Waals surface area contributed by atoms with E-state index in [9.17, 15) is 9.59 Å². The maximum absolute atomic E-state index is 12.1. The molecule has 0 unspecified atom stereocenters. The quantitative estimate of drug-likeness (QED) is 0.878. The Morgan fingerprint density at radius 2 is 2.12 bits per heavy atom. The summed E-state index contributed by atoms with van der Waals surface area (Å²) in [5, 5.41) is 8.78. The molecule has 0 aliphatic heterocycles. The Bertz CT molecular complexity index is 522. The Hall–Kier alpha value is -1.46. The lowest BCUT2D eigenvalue weighted by Gasteiger charge is -2.17. The molecule has 88 valence electrons. The first-order valence-corrected chi connectivity index (χ1v) is 6.14. The van der Waals surface area contributed by atoms with Crippen molar-refractivity contribution in [2.75, 3.05) is 12.4 Å². The van der Waals surface area contributed by atoms with Crippen molar-refractivity contribution in [1.29, 1.82) is 0 Å². The Kier molecular flexibility index (Phi) is 3.40. The van der Waals surface area contributed by atoms with Crippen LogP contribution in [0.1, 0.15) is 27.8 Å². The molecule has 1 aromatic heterocycles. The van der Waals surface area contributed by atoms with Gasteiger partial charge < -0.3 is 5.11 Å². The second-order valence-electron chi connectivity index (χ2n) is 3.58. The molecule has 5 heteroatoms. The third-order valence-electron chi connectivity index (χ3n) is 2.49. The number of fused-ring (bicyclic) bond motifs is 1. The predicted octanol–water partition coefficient (Wildman–Crippen LogP) is 1.46. The standard InChI is InChI=1S/C12H11NO3S/c1-7-10(15)8-3-2-4-13-9(8)11(16)12(7)17-6-5-14/h2-4,14H,5-6H2,1H3. The number of nitrogens with zero attached hydrogens (tertiary/aromatic N) is 1. The van der Waals surface area contributed by atoms with Crippen LogP contribution < -0.4 is 0 Å². The lowest BCUT2D eigenvalue weighted by Crippen LogP contribution is -2.21. The number of Topliss-reactive ketones (excluding diaryl/α,β-unsaturated/α-hetero) is 2. The Morgan fingerprint density at radius 3 is 2.82 bits per heavy atom. The molecule has 0 radical (unpaired) electrons. The number of aromatic nitrogens is 1. The Balaban J connectivity index is 2.47. The van der Waals surface area contributed by atoms with Crippen molar-refractivity contribution in [3.05, 3.63) is 40.1 Å². The van der Waals surface area contributed by atoms with Gasteiger partial charge in [-0.25, -0.2) is 0 Å². The van der Waals surface area contributed by atoms with Crippen molar-refractivity contribution in [3.63, 3.8) is 0 Å². The average Bonchev–Trinajstić information content (AvgIpc) is 2.36. The molecular formula is C12H11NO3S. The third kappa shape index (κ3) is 2.03. The number of carbonyl (C=O) groups is 2. The van der Waals surface area contributed by atoms with Crippen LogP contribution in [-0.2, 0) is 0 Å². The summed E-state index contributed by atoms with van der Waals surface area (Å²) in [7, 11) is 0. The topological polar surface area (TPSA) is 67.3 Å². The molecule has 0 fully saturated rings. The number of carbonyl (C=O) groups excluding carboxylic acids is 2. The van der Waals surface area contributed by atoms with E-state index in [1.54, 1.807) is 19.1 Å². The van der Waals surface area contributed by atoms with Crippen LogP contribution in [-0.4, -0.2) is 34.0 Å². The number of thioether (sulfide) groups is 1. The fourth-order valence-electron chi connectivity index (χ4n) is 1.67. The van der Waals surface area contributed by atoms with Crippen molar-refractivity contribution in [2.24, 2.45) is 0 Å². The number of ketones is 2. The van der Waals surface area contributed by atoms with Gasteiger partial charge in [-0.3, -0.25) is 14.6 Å². The van der Waals surface area contributed by atoms with E-state index in [4.69, 9.17) is 5.11 Å². The molecule has 1 aliphatic carbocycles. The number of hydrogen-bond acceptors (Lipinski definition) is 5. The largest absolute Gasteiger partial charge is 0.396 e. The fourth-order valence-corrected chi connectivity index (χ4v) is 2.51. The van der Waals surface area contributed by atoms with Gasteiger partial charge in [-0.15, -0.1) is 11.8 Å². The fraction of sp³-hybridized carbons (Fsp3) is 0.250. The van der Waals surface area contributed by atoms with Crippen LogP contribution in [0.3, 0.4) is 0 Å². The number of aliphatic hydroxyl groups is 1. The zero-order chi connectivity index (χ0) is 12.4. The van der Waals surface area contributed by atoms with E-state index in [0.29, 0.717) is 21.8 Å². The second kappa shape index (κ2) is 4.81. The zero-order valence-corrected chi connectivity index (χ0v) is 10.1. The maximum atomic E-state index is 12.1. The van der Waals surface area contributed by atoms with Gasteiger partial charge in [0.25, 0.3) is 0 Å².